The Morgan fingerprint density at radius 1 is 0.534 bits per heavy atom. The lowest BCUT2D eigenvalue weighted by molar-refractivity contribution is -0.153. The highest BCUT2D eigenvalue weighted by atomic mass is 31.2. The predicted molar refractivity (Wildman–Crippen MR) is 242 cm³/mol. The molecule has 0 amide bonds. The summed E-state index contributed by atoms with van der Waals surface area (Å²) in [6.07, 6.45) is 52.7. The molecule has 0 saturated heterocycles. The molecule has 0 aliphatic rings. The number of carbonyl (C=O) groups is 1. The third kappa shape index (κ3) is 43.6. The molecule has 1 unspecified atom stereocenters. The molecule has 10 heteroatoms. The zero-order valence-electron chi connectivity index (χ0n) is 37.0. The van der Waals surface area contributed by atoms with Gasteiger partial charge in [0.05, 0.1) is 26.1 Å². The van der Waals surface area contributed by atoms with E-state index in [0.29, 0.717) is 6.42 Å². The van der Waals surface area contributed by atoms with E-state index in [2.05, 4.69) is 62.5 Å². The van der Waals surface area contributed by atoms with Gasteiger partial charge in [0.25, 0.3) is 0 Å². The summed E-state index contributed by atoms with van der Waals surface area (Å²) in [6, 6.07) is 0. The summed E-state index contributed by atoms with van der Waals surface area (Å²) in [4.78, 5) is 22.6. The maximum absolute atomic E-state index is 12.6. The summed E-state index contributed by atoms with van der Waals surface area (Å²) >= 11 is 0. The van der Waals surface area contributed by atoms with E-state index in [1.165, 1.54) is 122 Å². The minimum atomic E-state index is -4.55. The molecule has 58 heavy (non-hydrogen) atoms. The van der Waals surface area contributed by atoms with Gasteiger partial charge in [-0.2, -0.15) is 0 Å². The molecule has 0 bridgehead atoms. The number of carbonyl (C=O) groups excluding carboxylic acids is 1. The molecule has 0 heterocycles. The van der Waals surface area contributed by atoms with E-state index in [-0.39, 0.29) is 13.0 Å². The van der Waals surface area contributed by atoms with Crippen molar-refractivity contribution in [3.8, 4) is 0 Å². The Morgan fingerprint density at radius 2 is 0.931 bits per heavy atom. The Bertz CT molecular complexity index is 1090. The van der Waals surface area contributed by atoms with Gasteiger partial charge in [0, 0.05) is 6.42 Å². The van der Waals surface area contributed by atoms with Gasteiger partial charge in [-0.1, -0.05) is 178 Å². The molecule has 0 radical (unpaired) electrons. The first-order valence-electron chi connectivity index (χ1n) is 23.3. The van der Waals surface area contributed by atoms with Crippen molar-refractivity contribution < 1.29 is 43.0 Å². The standard InChI is InChI=1S/C48H87O9P/c1-3-5-7-9-11-13-15-17-19-21-23-24-26-28-30-32-34-36-38-40-48(51)57-47(45-56-58(52,53)55-43-46(50)42-49)44-54-41-39-37-35-33-31-29-27-25-22-20-18-16-14-12-10-8-6-4-2/h11,13,17,19,23-24,28,30,39,41,46-47,49-50H,3-10,12,14-16,18,20-22,25-27,29,31-38,40,42-45H2,1-2H3,(H,52,53)/b13-11-,19-17-,24-23-,30-28-,41-39-/t46-,47+/m0/s1. The summed E-state index contributed by atoms with van der Waals surface area (Å²) in [7, 11) is -4.55. The van der Waals surface area contributed by atoms with Gasteiger partial charge in [-0.25, -0.2) is 4.57 Å². The first-order valence-corrected chi connectivity index (χ1v) is 24.8. The van der Waals surface area contributed by atoms with Crippen LogP contribution in [-0.4, -0.2) is 59.7 Å². The highest BCUT2D eigenvalue weighted by Gasteiger charge is 2.26. The molecular weight excluding hydrogens is 751 g/mol. The Hall–Kier alpha value is -2.00. The van der Waals surface area contributed by atoms with Crippen LogP contribution in [0.3, 0.4) is 0 Å². The summed E-state index contributed by atoms with van der Waals surface area (Å²) in [6.45, 7) is 2.83. The Kier molecular flexibility index (Phi) is 43.0. The van der Waals surface area contributed by atoms with Crippen molar-refractivity contribution in [2.45, 2.75) is 212 Å². The zero-order chi connectivity index (χ0) is 42.5. The fourth-order valence-corrected chi connectivity index (χ4v) is 6.98. The highest BCUT2D eigenvalue weighted by molar-refractivity contribution is 7.47. The monoisotopic (exact) mass is 839 g/mol. The lowest BCUT2D eigenvalue weighted by atomic mass is 10.0. The van der Waals surface area contributed by atoms with Gasteiger partial charge in [0.1, 0.15) is 12.7 Å². The maximum atomic E-state index is 12.6. The number of allylic oxidation sites excluding steroid dienone is 9. The van der Waals surface area contributed by atoms with Crippen LogP contribution >= 0.6 is 7.82 Å². The summed E-state index contributed by atoms with van der Waals surface area (Å²) in [5.41, 5.74) is 0. The van der Waals surface area contributed by atoms with Gasteiger partial charge < -0.3 is 24.6 Å². The van der Waals surface area contributed by atoms with Crippen LogP contribution in [0.15, 0.2) is 60.9 Å². The first kappa shape index (κ1) is 56.0. The van der Waals surface area contributed by atoms with Crippen LogP contribution in [0.5, 0.6) is 0 Å². The normalized spacial score (nSPS) is 14.4. The van der Waals surface area contributed by atoms with Crippen molar-refractivity contribution in [3.05, 3.63) is 60.9 Å². The quantitative estimate of drug-likeness (QED) is 0.0180. The SMILES string of the molecule is CCCCC/C=C\C/C=C\C/C=C\C/C=C\CCCCCC(=O)O[C@H](CO/C=C\CCCCCCCCCCCCCCCCCC)COP(=O)(O)OC[C@@H](O)CO. The molecule has 0 aromatic rings. The van der Waals surface area contributed by atoms with Crippen LogP contribution in [0.2, 0.25) is 0 Å². The van der Waals surface area contributed by atoms with Crippen LogP contribution in [0.4, 0.5) is 0 Å². The number of phosphoric acid groups is 1. The minimum absolute atomic E-state index is 0.0491. The summed E-state index contributed by atoms with van der Waals surface area (Å²) < 4.78 is 33.2. The molecule has 0 saturated carbocycles. The van der Waals surface area contributed by atoms with Crippen LogP contribution < -0.4 is 0 Å². The minimum Gasteiger partial charge on any atom is -0.498 e. The van der Waals surface area contributed by atoms with Crippen molar-refractivity contribution in [3.63, 3.8) is 0 Å². The van der Waals surface area contributed by atoms with Crippen LogP contribution in [0.1, 0.15) is 200 Å². The Balaban J connectivity index is 4.25. The molecule has 0 aliphatic heterocycles. The number of esters is 1. The second-order valence-electron chi connectivity index (χ2n) is 15.5. The molecule has 0 fully saturated rings. The second-order valence-corrected chi connectivity index (χ2v) is 16.9. The van der Waals surface area contributed by atoms with E-state index >= 15 is 0 Å². The fourth-order valence-electron chi connectivity index (χ4n) is 6.19. The molecule has 3 atom stereocenters. The van der Waals surface area contributed by atoms with E-state index in [9.17, 15) is 19.4 Å². The number of ether oxygens (including phenoxy) is 2. The molecule has 0 aromatic carbocycles. The second kappa shape index (κ2) is 44.5. The van der Waals surface area contributed by atoms with Crippen molar-refractivity contribution in [1.29, 1.82) is 0 Å². The van der Waals surface area contributed by atoms with Crippen molar-refractivity contribution in [2.75, 3.05) is 26.4 Å². The summed E-state index contributed by atoms with van der Waals surface area (Å²) in [5.74, 6) is -0.434. The lowest BCUT2D eigenvalue weighted by Gasteiger charge is -2.20. The third-order valence-corrected chi connectivity index (χ3v) is 10.7. The van der Waals surface area contributed by atoms with E-state index in [4.69, 9.17) is 23.6 Å². The number of hydrogen-bond acceptors (Lipinski definition) is 8. The molecule has 0 aliphatic carbocycles. The number of unbranched alkanes of at least 4 members (excludes halogenated alkanes) is 22. The van der Waals surface area contributed by atoms with E-state index in [1.54, 1.807) is 6.26 Å². The lowest BCUT2D eigenvalue weighted by Crippen LogP contribution is -2.28. The highest BCUT2D eigenvalue weighted by Crippen LogP contribution is 2.43. The topological polar surface area (TPSA) is 132 Å². The van der Waals surface area contributed by atoms with Crippen LogP contribution in [-0.2, 0) is 27.9 Å². The summed E-state index contributed by atoms with van der Waals surface area (Å²) in [5, 5.41) is 18.4. The number of aliphatic hydroxyl groups excluding tert-OH is 2. The number of hydrogen-bond donors (Lipinski definition) is 3. The van der Waals surface area contributed by atoms with Gasteiger partial charge in [-0.3, -0.25) is 13.8 Å². The number of phosphoric ester groups is 1. The fraction of sp³-hybridized carbons (Fsp3) is 0.771. The molecular formula is C48H87O9P. The molecule has 0 spiro atoms. The zero-order valence-corrected chi connectivity index (χ0v) is 37.9. The van der Waals surface area contributed by atoms with Crippen molar-refractivity contribution >= 4 is 13.8 Å². The Labute approximate surface area is 355 Å². The predicted octanol–water partition coefficient (Wildman–Crippen LogP) is 13.5. The molecule has 0 rings (SSSR count). The van der Waals surface area contributed by atoms with Crippen molar-refractivity contribution in [1.82, 2.24) is 0 Å². The third-order valence-electron chi connectivity index (χ3n) is 9.77. The van der Waals surface area contributed by atoms with Gasteiger partial charge in [-0.05, 0) is 70.3 Å². The van der Waals surface area contributed by atoms with E-state index in [0.717, 1.165) is 51.4 Å². The Morgan fingerprint density at radius 3 is 1.43 bits per heavy atom. The number of rotatable bonds is 44. The van der Waals surface area contributed by atoms with Crippen LogP contribution in [0.25, 0.3) is 0 Å². The average molecular weight is 839 g/mol. The first-order chi connectivity index (χ1) is 28.3. The van der Waals surface area contributed by atoms with E-state index < -0.39 is 45.8 Å². The molecule has 0 aromatic heterocycles. The van der Waals surface area contributed by atoms with Gasteiger partial charge >= 0.3 is 13.8 Å². The van der Waals surface area contributed by atoms with Crippen LogP contribution in [0, 0.1) is 0 Å². The number of aliphatic hydroxyl groups is 2. The van der Waals surface area contributed by atoms with Gasteiger partial charge in [0.2, 0.25) is 0 Å². The smallest absolute Gasteiger partial charge is 0.472 e. The molecule has 9 nitrogen and oxygen atoms in total. The van der Waals surface area contributed by atoms with Crippen molar-refractivity contribution in [2.24, 2.45) is 0 Å². The molecule has 3 N–H and O–H groups in total. The average Bonchev–Trinajstić information content (AvgIpc) is 3.21. The maximum Gasteiger partial charge on any atom is 0.472 e. The van der Waals surface area contributed by atoms with E-state index in [1.807, 2.05) is 6.08 Å². The van der Waals surface area contributed by atoms with Gasteiger partial charge in [0.15, 0.2) is 6.10 Å². The van der Waals surface area contributed by atoms with Gasteiger partial charge in [-0.15, -0.1) is 0 Å². The largest absolute Gasteiger partial charge is 0.498 e. The molecule has 338 valence electrons.